The lowest BCUT2D eigenvalue weighted by molar-refractivity contribution is -0.135. The highest BCUT2D eigenvalue weighted by Crippen LogP contribution is 2.24. The van der Waals surface area contributed by atoms with E-state index in [0.29, 0.717) is 29.4 Å². The molecule has 1 aliphatic heterocycles. The van der Waals surface area contributed by atoms with E-state index in [4.69, 9.17) is 0 Å². The molecule has 2 aromatic rings. The van der Waals surface area contributed by atoms with Crippen LogP contribution < -0.4 is 5.32 Å². The van der Waals surface area contributed by atoms with Crippen molar-refractivity contribution < 1.29 is 14.0 Å². The fourth-order valence-corrected chi connectivity index (χ4v) is 3.70. The first-order chi connectivity index (χ1) is 11.6. The van der Waals surface area contributed by atoms with E-state index in [-0.39, 0.29) is 11.8 Å². The van der Waals surface area contributed by atoms with Gasteiger partial charge in [-0.25, -0.2) is 9.07 Å². The van der Waals surface area contributed by atoms with Crippen molar-refractivity contribution in [1.29, 1.82) is 0 Å². The van der Waals surface area contributed by atoms with Crippen molar-refractivity contribution in [2.24, 2.45) is 0 Å². The summed E-state index contributed by atoms with van der Waals surface area (Å²) >= 11 is 1.54. The van der Waals surface area contributed by atoms with Crippen molar-refractivity contribution in [3.8, 4) is 5.69 Å². The largest absolute Gasteiger partial charge is 0.324 e. The van der Waals surface area contributed by atoms with Crippen LogP contribution in [0.25, 0.3) is 5.69 Å². The highest BCUT2D eigenvalue weighted by Gasteiger charge is 2.33. The quantitative estimate of drug-likeness (QED) is 0.920. The molecule has 2 amide bonds. The Morgan fingerprint density at radius 3 is 2.96 bits per heavy atom. The van der Waals surface area contributed by atoms with Gasteiger partial charge in [0, 0.05) is 30.3 Å². The second-order valence-corrected chi connectivity index (χ2v) is 6.34. The monoisotopic (exact) mass is 348 g/mol. The Labute approximate surface area is 143 Å². The van der Waals surface area contributed by atoms with Gasteiger partial charge in [-0.05, 0) is 24.3 Å². The number of carbonyl (C=O) groups is 2. The van der Waals surface area contributed by atoms with Gasteiger partial charge in [0.15, 0.2) is 5.82 Å². The predicted octanol–water partition coefficient (Wildman–Crippen LogP) is 2.26. The molecule has 24 heavy (non-hydrogen) atoms. The van der Waals surface area contributed by atoms with Crippen molar-refractivity contribution >= 4 is 29.3 Å². The van der Waals surface area contributed by atoms with Crippen LogP contribution >= 0.6 is 11.8 Å². The molecule has 0 unspecified atom stereocenters. The van der Waals surface area contributed by atoms with E-state index in [0.717, 1.165) is 0 Å². The van der Waals surface area contributed by atoms with Gasteiger partial charge in [0.05, 0.1) is 5.88 Å². The minimum absolute atomic E-state index is 0.0552. The molecule has 1 aliphatic rings. The molecule has 1 fully saturated rings. The zero-order valence-corrected chi connectivity index (χ0v) is 13.9. The Morgan fingerprint density at radius 2 is 2.29 bits per heavy atom. The maximum Gasteiger partial charge on any atom is 0.248 e. The van der Waals surface area contributed by atoms with Crippen molar-refractivity contribution in [3.63, 3.8) is 0 Å². The average Bonchev–Trinajstić information content (AvgIpc) is 3.25. The van der Waals surface area contributed by atoms with E-state index in [1.807, 2.05) is 0 Å². The van der Waals surface area contributed by atoms with Crippen LogP contribution in [0.3, 0.4) is 0 Å². The summed E-state index contributed by atoms with van der Waals surface area (Å²) in [6.45, 7) is 1.77. The van der Waals surface area contributed by atoms with Crippen LogP contribution in [0, 0.1) is 5.82 Å². The molecule has 0 spiro atoms. The third-order valence-electron chi connectivity index (χ3n) is 3.77. The van der Waals surface area contributed by atoms with Crippen LogP contribution in [-0.2, 0) is 9.59 Å². The number of hydrogen-bond acceptors (Lipinski definition) is 4. The molecule has 0 saturated carbocycles. The summed E-state index contributed by atoms with van der Waals surface area (Å²) in [5.74, 6) is 0.218. The fourth-order valence-electron chi connectivity index (χ4n) is 2.52. The van der Waals surface area contributed by atoms with Crippen LogP contribution in [0.5, 0.6) is 0 Å². The van der Waals surface area contributed by atoms with Crippen LogP contribution in [0.1, 0.15) is 13.3 Å². The standard InChI is InChI=1S/C16H17FN4O2S/c1-2-15(22)20-10-24-9-14(20)16(23)19-11-4-5-13(12(17)8-11)21-7-3-6-18-21/h3-8,14H,2,9-10H2,1H3,(H,19,23)/t14-/m0/s1. The van der Waals surface area contributed by atoms with Crippen LogP contribution in [0.2, 0.25) is 0 Å². The normalized spacial score (nSPS) is 17.1. The molecule has 8 heteroatoms. The summed E-state index contributed by atoms with van der Waals surface area (Å²) in [4.78, 5) is 25.9. The van der Waals surface area contributed by atoms with Crippen LogP contribution in [0.4, 0.5) is 10.1 Å². The van der Waals surface area contributed by atoms with E-state index < -0.39 is 11.9 Å². The maximum atomic E-state index is 14.2. The number of benzene rings is 1. The number of aromatic nitrogens is 2. The second-order valence-electron chi connectivity index (χ2n) is 5.34. The molecular weight excluding hydrogens is 331 g/mol. The Balaban J connectivity index is 1.73. The summed E-state index contributed by atoms with van der Waals surface area (Å²) < 4.78 is 15.6. The SMILES string of the molecule is CCC(=O)N1CSC[C@H]1C(=O)Nc1ccc(-n2cccn2)c(F)c1. The van der Waals surface area contributed by atoms with E-state index in [1.54, 1.807) is 42.4 Å². The predicted molar refractivity (Wildman–Crippen MR) is 90.4 cm³/mol. The van der Waals surface area contributed by atoms with Gasteiger partial charge in [-0.15, -0.1) is 11.8 Å². The van der Waals surface area contributed by atoms with E-state index in [9.17, 15) is 14.0 Å². The molecule has 0 aliphatic carbocycles. The topological polar surface area (TPSA) is 67.2 Å². The van der Waals surface area contributed by atoms with Gasteiger partial charge in [-0.1, -0.05) is 6.92 Å². The molecule has 6 nitrogen and oxygen atoms in total. The number of nitrogens with one attached hydrogen (secondary N) is 1. The third-order valence-corrected chi connectivity index (χ3v) is 4.79. The fraction of sp³-hybridized carbons (Fsp3) is 0.312. The zero-order chi connectivity index (χ0) is 17.1. The Morgan fingerprint density at radius 1 is 1.46 bits per heavy atom. The molecule has 3 rings (SSSR count). The van der Waals surface area contributed by atoms with Crippen LogP contribution in [-0.4, -0.2) is 44.2 Å². The number of thioether (sulfide) groups is 1. The van der Waals surface area contributed by atoms with Gasteiger partial charge >= 0.3 is 0 Å². The molecule has 1 N–H and O–H groups in total. The molecule has 0 radical (unpaired) electrons. The lowest BCUT2D eigenvalue weighted by atomic mass is 10.2. The zero-order valence-electron chi connectivity index (χ0n) is 13.1. The van der Waals surface area contributed by atoms with E-state index >= 15 is 0 Å². The summed E-state index contributed by atoms with van der Waals surface area (Å²) in [5, 5.41) is 6.67. The summed E-state index contributed by atoms with van der Waals surface area (Å²) in [6, 6.07) is 5.61. The van der Waals surface area contributed by atoms with Crippen molar-refractivity contribution in [1.82, 2.24) is 14.7 Å². The minimum atomic E-state index is -0.517. The number of anilines is 1. The summed E-state index contributed by atoms with van der Waals surface area (Å²) in [6.07, 6.45) is 3.56. The van der Waals surface area contributed by atoms with Crippen molar-refractivity contribution in [2.75, 3.05) is 16.9 Å². The number of hydrogen-bond donors (Lipinski definition) is 1. The van der Waals surface area contributed by atoms with Gasteiger partial charge in [0.25, 0.3) is 0 Å². The molecule has 1 saturated heterocycles. The highest BCUT2D eigenvalue weighted by atomic mass is 32.2. The third kappa shape index (κ3) is 3.28. The molecule has 2 heterocycles. The first-order valence-corrected chi connectivity index (χ1v) is 8.73. The van der Waals surface area contributed by atoms with Gasteiger partial charge in [0.1, 0.15) is 11.7 Å². The summed E-state index contributed by atoms with van der Waals surface area (Å²) in [7, 11) is 0. The first kappa shape index (κ1) is 16.5. The van der Waals surface area contributed by atoms with Gasteiger partial charge in [0.2, 0.25) is 11.8 Å². The Bertz CT molecular complexity index is 751. The molecule has 1 aromatic heterocycles. The molecule has 1 atom stereocenters. The number of amides is 2. The van der Waals surface area contributed by atoms with Crippen molar-refractivity contribution in [2.45, 2.75) is 19.4 Å². The number of rotatable bonds is 4. The average molecular weight is 348 g/mol. The van der Waals surface area contributed by atoms with Crippen LogP contribution in [0.15, 0.2) is 36.7 Å². The van der Waals surface area contributed by atoms with Gasteiger partial charge in [-0.2, -0.15) is 5.10 Å². The number of nitrogens with zero attached hydrogens (tertiary/aromatic N) is 3. The molecule has 1 aromatic carbocycles. The number of carbonyl (C=O) groups excluding carboxylic acids is 2. The van der Waals surface area contributed by atoms with Crippen molar-refractivity contribution in [3.05, 3.63) is 42.5 Å². The summed E-state index contributed by atoms with van der Waals surface area (Å²) in [5.41, 5.74) is 0.659. The van der Waals surface area contributed by atoms with E-state index in [1.165, 1.54) is 22.5 Å². The first-order valence-electron chi connectivity index (χ1n) is 7.57. The Hall–Kier alpha value is -2.35. The second kappa shape index (κ2) is 7.04. The van der Waals surface area contributed by atoms with E-state index in [2.05, 4.69) is 10.4 Å². The lowest BCUT2D eigenvalue weighted by Gasteiger charge is -2.22. The highest BCUT2D eigenvalue weighted by molar-refractivity contribution is 7.99. The Kier molecular flexibility index (Phi) is 4.84. The minimum Gasteiger partial charge on any atom is -0.324 e. The molecule has 0 bridgehead atoms. The smallest absolute Gasteiger partial charge is 0.248 e. The number of halogens is 1. The molecular formula is C16H17FN4O2S. The maximum absolute atomic E-state index is 14.2. The van der Waals surface area contributed by atoms with Gasteiger partial charge in [-0.3, -0.25) is 9.59 Å². The van der Waals surface area contributed by atoms with Gasteiger partial charge < -0.3 is 10.2 Å². The molecule has 126 valence electrons. The lowest BCUT2D eigenvalue weighted by Crippen LogP contribution is -2.44.